The Morgan fingerprint density at radius 2 is 2.07 bits per heavy atom. The quantitative estimate of drug-likeness (QED) is 0.700. The van der Waals surface area contributed by atoms with Crippen molar-refractivity contribution in [2.45, 2.75) is 39.2 Å². The third kappa shape index (κ3) is 1.05. The van der Waals surface area contributed by atoms with E-state index in [4.69, 9.17) is 9.84 Å². The van der Waals surface area contributed by atoms with Crippen molar-refractivity contribution in [2.75, 3.05) is 6.61 Å². The molecule has 1 aliphatic carbocycles. The summed E-state index contributed by atoms with van der Waals surface area (Å²) in [6.07, 6.45) is 1.98. The summed E-state index contributed by atoms with van der Waals surface area (Å²) in [5.74, 6) is -0.730. The van der Waals surface area contributed by atoms with Gasteiger partial charge in [-0.25, -0.2) is 0 Å². The van der Waals surface area contributed by atoms with Crippen molar-refractivity contribution in [3.8, 4) is 0 Å². The summed E-state index contributed by atoms with van der Waals surface area (Å²) in [4.78, 5) is 11.1. The summed E-state index contributed by atoms with van der Waals surface area (Å²) in [5.41, 5.74) is -0.113. The zero-order chi connectivity index (χ0) is 10.6. The van der Waals surface area contributed by atoms with E-state index in [0.717, 1.165) is 12.8 Å². The van der Waals surface area contributed by atoms with Gasteiger partial charge in [0.05, 0.1) is 18.1 Å². The predicted molar refractivity (Wildman–Crippen MR) is 52.0 cm³/mol. The van der Waals surface area contributed by atoms with E-state index in [2.05, 4.69) is 20.8 Å². The van der Waals surface area contributed by atoms with Crippen LogP contribution in [-0.2, 0) is 9.53 Å². The fourth-order valence-corrected chi connectivity index (χ4v) is 3.10. The number of ether oxygens (including phenoxy) is 1. The molecule has 3 atom stereocenters. The van der Waals surface area contributed by atoms with Crippen LogP contribution >= 0.6 is 0 Å². The number of carbonyl (C=O) groups is 1. The SMILES string of the molecule is CC12CCC(C(C(=O)O)CO1)C2(C)C. The van der Waals surface area contributed by atoms with E-state index in [0.29, 0.717) is 6.61 Å². The minimum Gasteiger partial charge on any atom is -0.481 e. The van der Waals surface area contributed by atoms with Gasteiger partial charge in [0.2, 0.25) is 0 Å². The Labute approximate surface area is 84.4 Å². The maximum atomic E-state index is 11.1. The molecule has 2 bridgehead atoms. The highest BCUT2D eigenvalue weighted by Crippen LogP contribution is 2.57. The van der Waals surface area contributed by atoms with Crippen LogP contribution in [0.25, 0.3) is 0 Å². The second-order valence-electron chi connectivity index (χ2n) is 5.35. The van der Waals surface area contributed by atoms with Crippen LogP contribution in [0.1, 0.15) is 33.6 Å². The molecule has 1 saturated carbocycles. The standard InChI is InChI=1S/C11H18O3/c1-10(2)8-4-5-11(10,3)14-6-7(8)9(12)13/h7-8H,4-6H2,1-3H3,(H,12,13). The first-order valence-corrected chi connectivity index (χ1v) is 5.25. The number of fused-ring (bicyclic) bond motifs is 2. The van der Waals surface area contributed by atoms with Crippen LogP contribution < -0.4 is 0 Å². The first kappa shape index (κ1) is 9.97. The van der Waals surface area contributed by atoms with E-state index in [1.165, 1.54) is 0 Å². The normalized spacial score (nSPS) is 45.1. The zero-order valence-corrected chi connectivity index (χ0v) is 9.04. The maximum absolute atomic E-state index is 11.1. The molecule has 1 N–H and O–H groups in total. The molecule has 3 nitrogen and oxygen atoms in total. The van der Waals surface area contributed by atoms with Gasteiger partial charge in [-0.15, -0.1) is 0 Å². The Balaban J connectivity index is 2.32. The summed E-state index contributed by atoms with van der Waals surface area (Å²) in [7, 11) is 0. The van der Waals surface area contributed by atoms with Gasteiger partial charge in [0, 0.05) is 0 Å². The molecular weight excluding hydrogens is 180 g/mol. The molecule has 0 radical (unpaired) electrons. The summed E-state index contributed by atoms with van der Waals surface area (Å²) in [6, 6.07) is 0. The van der Waals surface area contributed by atoms with Gasteiger partial charge in [-0.05, 0) is 31.1 Å². The van der Waals surface area contributed by atoms with E-state index in [9.17, 15) is 4.79 Å². The molecule has 80 valence electrons. The largest absolute Gasteiger partial charge is 0.481 e. The zero-order valence-electron chi connectivity index (χ0n) is 9.04. The highest BCUT2D eigenvalue weighted by Gasteiger charge is 2.59. The monoisotopic (exact) mass is 198 g/mol. The number of hydrogen-bond donors (Lipinski definition) is 1. The van der Waals surface area contributed by atoms with E-state index in [1.807, 2.05) is 0 Å². The van der Waals surface area contributed by atoms with Crippen molar-refractivity contribution >= 4 is 5.97 Å². The molecule has 14 heavy (non-hydrogen) atoms. The van der Waals surface area contributed by atoms with E-state index in [1.54, 1.807) is 0 Å². The highest BCUT2D eigenvalue weighted by atomic mass is 16.5. The van der Waals surface area contributed by atoms with Gasteiger partial charge in [-0.2, -0.15) is 0 Å². The molecule has 0 spiro atoms. The Hall–Kier alpha value is -0.570. The fourth-order valence-electron chi connectivity index (χ4n) is 3.10. The molecule has 1 aliphatic heterocycles. The maximum Gasteiger partial charge on any atom is 0.309 e. The highest BCUT2D eigenvalue weighted by molar-refractivity contribution is 5.71. The van der Waals surface area contributed by atoms with Crippen LogP contribution in [0.4, 0.5) is 0 Å². The summed E-state index contributed by atoms with van der Waals surface area (Å²) >= 11 is 0. The minimum absolute atomic E-state index is 0.00565. The third-order valence-electron chi connectivity index (χ3n) is 4.61. The lowest BCUT2D eigenvalue weighted by atomic mass is 9.67. The number of hydrogen-bond acceptors (Lipinski definition) is 2. The molecule has 0 aromatic rings. The lowest BCUT2D eigenvalue weighted by Gasteiger charge is -2.47. The van der Waals surface area contributed by atoms with E-state index in [-0.39, 0.29) is 22.9 Å². The van der Waals surface area contributed by atoms with Gasteiger partial charge in [-0.1, -0.05) is 13.8 Å². The van der Waals surface area contributed by atoms with Crippen molar-refractivity contribution in [1.29, 1.82) is 0 Å². The van der Waals surface area contributed by atoms with Crippen LogP contribution in [0.5, 0.6) is 0 Å². The van der Waals surface area contributed by atoms with Crippen molar-refractivity contribution < 1.29 is 14.6 Å². The Morgan fingerprint density at radius 1 is 1.43 bits per heavy atom. The summed E-state index contributed by atoms with van der Waals surface area (Å²) < 4.78 is 5.76. The molecule has 0 amide bonds. The topological polar surface area (TPSA) is 46.5 Å². The molecule has 0 aromatic heterocycles. The Kier molecular flexibility index (Phi) is 1.94. The molecule has 3 heteroatoms. The van der Waals surface area contributed by atoms with Gasteiger partial charge in [-0.3, -0.25) is 4.79 Å². The van der Waals surface area contributed by atoms with Crippen molar-refractivity contribution in [2.24, 2.45) is 17.3 Å². The van der Waals surface area contributed by atoms with Gasteiger partial charge in [0.1, 0.15) is 0 Å². The number of carboxylic acid groups (broad SMARTS) is 1. The molecular formula is C11H18O3. The second kappa shape index (κ2) is 2.72. The summed E-state index contributed by atoms with van der Waals surface area (Å²) in [5, 5.41) is 9.09. The van der Waals surface area contributed by atoms with Crippen LogP contribution in [0, 0.1) is 17.3 Å². The molecule has 1 saturated heterocycles. The number of aliphatic carboxylic acids is 1. The summed E-state index contributed by atoms with van der Waals surface area (Å²) in [6.45, 7) is 6.78. The van der Waals surface area contributed by atoms with Gasteiger partial charge >= 0.3 is 5.97 Å². The average molecular weight is 198 g/mol. The van der Waals surface area contributed by atoms with Crippen LogP contribution in [0.15, 0.2) is 0 Å². The number of carboxylic acids is 1. The van der Waals surface area contributed by atoms with Gasteiger partial charge in [0.25, 0.3) is 0 Å². The minimum atomic E-state index is -0.702. The Bertz CT molecular complexity index is 272. The van der Waals surface area contributed by atoms with Crippen molar-refractivity contribution in [1.82, 2.24) is 0 Å². The smallest absolute Gasteiger partial charge is 0.309 e. The van der Waals surface area contributed by atoms with Crippen LogP contribution in [0.3, 0.4) is 0 Å². The van der Waals surface area contributed by atoms with Gasteiger partial charge in [0.15, 0.2) is 0 Å². The molecule has 3 unspecified atom stereocenters. The molecule has 0 aromatic carbocycles. The third-order valence-corrected chi connectivity index (χ3v) is 4.61. The Morgan fingerprint density at radius 3 is 2.64 bits per heavy atom. The number of rotatable bonds is 1. The lowest BCUT2D eigenvalue weighted by Crippen LogP contribution is -2.52. The molecule has 2 aliphatic rings. The second-order valence-corrected chi connectivity index (χ2v) is 5.35. The van der Waals surface area contributed by atoms with Crippen molar-refractivity contribution in [3.05, 3.63) is 0 Å². The van der Waals surface area contributed by atoms with Crippen molar-refractivity contribution in [3.63, 3.8) is 0 Å². The molecule has 2 rings (SSSR count). The predicted octanol–water partition coefficient (Wildman–Crippen LogP) is 1.91. The van der Waals surface area contributed by atoms with E-state index >= 15 is 0 Å². The molecule has 2 fully saturated rings. The first-order chi connectivity index (χ1) is 6.38. The lowest BCUT2D eigenvalue weighted by molar-refractivity contribution is -0.181. The van der Waals surface area contributed by atoms with Crippen LogP contribution in [-0.4, -0.2) is 23.3 Å². The first-order valence-electron chi connectivity index (χ1n) is 5.25. The van der Waals surface area contributed by atoms with E-state index < -0.39 is 5.97 Å². The fraction of sp³-hybridized carbons (Fsp3) is 0.909. The molecule has 1 heterocycles. The average Bonchev–Trinajstić information content (AvgIpc) is 2.26. The van der Waals surface area contributed by atoms with Gasteiger partial charge < -0.3 is 9.84 Å². The van der Waals surface area contributed by atoms with Crippen LogP contribution in [0.2, 0.25) is 0 Å².